The first-order valence-electron chi connectivity index (χ1n) is 6.93. The van der Waals surface area contributed by atoms with E-state index in [-0.39, 0.29) is 24.5 Å². The van der Waals surface area contributed by atoms with Crippen molar-refractivity contribution in [3.05, 3.63) is 34.3 Å². The third-order valence-corrected chi connectivity index (χ3v) is 4.09. The van der Waals surface area contributed by atoms with Crippen LogP contribution in [-0.4, -0.2) is 49.6 Å². The summed E-state index contributed by atoms with van der Waals surface area (Å²) < 4.78 is 5.80. The van der Waals surface area contributed by atoms with Crippen molar-refractivity contribution in [2.75, 3.05) is 26.8 Å². The minimum Gasteiger partial charge on any atom is -0.375 e. The van der Waals surface area contributed by atoms with Crippen LogP contribution in [0.25, 0.3) is 0 Å². The first-order valence-corrected chi connectivity index (χ1v) is 7.72. The SMILES string of the molecule is COCC(=O)N1CCC(NC(=O)c2ccc(Br)cc2)CC1. The van der Waals surface area contributed by atoms with Crippen LogP contribution in [0.1, 0.15) is 23.2 Å². The summed E-state index contributed by atoms with van der Waals surface area (Å²) in [6, 6.07) is 7.39. The van der Waals surface area contributed by atoms with E-state index in [2.05, 4.69) is 21.2 Å². The summed E-state index contributed by atoms with van der Waals surface area (Å²) >= 11 is 3.35. The Morgan fingerprint density at radius 1 is 1.29 bits per heavy atom. The molecule has 114 valence electrons. The van der Waals surface area contributed by atoms with Crippen LogP contribution in [0.3, 0.4) is 0 Å². The molecule has 1 aromatic rings. The smallest absolute Gasteiger partial charge is 0.251 e. The third kappa shape index (κ3) is 4.54. The van der Waals surface area contributed by atoms with Gasteiger partial charge in [0.15, 0.2) is 0 Å². The average molecular weight is 355 g/mol. The molecule has 0 radical (unpaired) electrons. The molecule has 1 aliphatic rings. The molecule has 0 bridgehead atoms. The number of ether oxygens (including phenoxy) is 1. The maximum atomic E-state index is 12.1. The standard InChI is InChI=1S/C15H19BrN2O3/c1-21-10-14(19)18-8-6-13(7-9-18)17-15(20)11-2-4-12(16)5-3-11/h2-5,13H,6-10H2,1H3,(H,17,20). The van der Waals surface area contributed by atoms with Crippen LogP contribution in [0.4, 0.5) is 0 Å². The van der Waals surface area contributed by atoms with Crippen molar-refractivity contribution in [1.82, 2.24) is 10.2 Å². The Labute approximate surface area is 132 Å². The highest BCUT2D eigenvalue weighted by Crippen LogP contribution is 2.13. The fourth-order valence-electron chi connectivity index (χ4n) is 2.36. The van der Waals surface area contributed by atoms with E-state index in [1.807, 2.05) is 12.1 Å². The number of likely N-dealkylation sites (tertiary alicyclic amines) is 1. The number of nitrogens with zero attached hydrogens (tertiary/aromatic N) is 1. The normalized spacial score (nSPS) is 15.8. The lowest BCUT2D eigenvalue weighted by Gasteiger charge is -2.32. The molecule has 1 fully saturated rings. The van der Waals surface area contributed by atoms with Crippen molar-refractivity contribution in [2.24, 2.45) is 0 Å². The largest absolute Gasteiger partial charge is 0.375 e. The summed E-state index contributed by atoms with van der Waals surface area (Å²) in [6.07, 6.45) is 1.55. The van der Waals surface area contributed by atoms with Gasteiger partial charge >= 0.3 is 0 Å². The van der Waals surface area contributed by atoms with Crippen LogP contribution in [0, 0.1) is 0 Å². The zero-order valence-electron chi connectivity index (χ0n) is 12.0. The van der Waals surface area contributed by atoms with Crippen LogP contribution < -0.4 is 5.32 Å². The monoisotopic (exact) mass is 354 g/mol. The number of carbonyl (C=O) groups excluding carboxylic acids is 2. The topological polar surface area (TPSA) is 58.6 Å². The Balaban J connectivity index is 1.82. The van der Waals surface area contributed by atoms with Gasteiger partial charge in [0.05, 0.1) is 0 Å². The Morgan fingerprint density at radius 3 is 2.48 bits per heavy atom. The number of carbonyl (C=O) groups is 2. The highest BCUT2D eigenvalue weighted by molar-refractivity contribution is 9.10. The lowest BCUT2D eigenvalue weighted by Crippen LogP contribution is -2.47. The molecule has 1 saturated heterocycles. The number of amides is 2. The predicted octanol–water partition coefficient (Wildman–Crippen LogP) is 1.82. The Morgan fingerprint density at radius 2 is 1.90 bits per heavy atom. The van der Waals surface area contributed by atoms with Crippen molar-refractivity contribution in [1.29, 1.82) is 0 Å². The van der Waals surface area contributed by atoms with Gasteiger partial charge in [-0.2, -0.15) is 0 Å². The van der Waals surface area contributed by atoms with Crippen molar-refractivity contribution in [3.63, 3.8) is 0 Å². The van der Waals surface area contributed by atoms with E-state index in [0.717, 1.165) is 17.3 Å². The molecule has 1 heterocycles. The summed E-state index contributed by atoms with van der Waals surface area (Å²) in [7, 11) is 1.52. The van der Waals surface area contributed by atoms with Gasteiger partial charge in [-0.25, -0.2) is 0 Å². The summed E-state index contributed by atoms with van der Waals surface area (Å²) in [5.41, 5.74) is 0.649. The summed E-state index contributed by atoms with van der Waals surface area (Å²) in [5, 5.41) is 3.02. The summed E-state index contributed by atoms with van der Waals surface area (Å²) in [6.45, 7) is 1.44. The average Bonchev–Trinajstić information content (AvgIpc) is 2.49. The molecule has 0 aliphatic carbocycles. The molecule has 1 aromatic carbocycles. The lowest BCUT2D eigenvalue weighted by atomic mass is 10.0. The van der Waals surface area contributed by atoms with Crippen molar-refractivity contribution in [2.45, 2.75) is 18.9 Å². The molecule has 1 N–H and O–H groups in total. The van der Waals surface area contributed by atoms with Gasteiger partial charge in [0.2, 0.25) is 5.91 Å². The lowest BCUT2D eigenvalue weighted by molar-refractivity contribution is -0.136. The molecule has 1 aliphatic heterocycles. The number of piperidine rings is 1. The number of benzene rings is 1. The van der Waals surface area contributed by atoms with E-state index in [0.29, 0.717) is 18.7 Å². The number of nitrogens with one attached hydrogen (secondary N) is 1. The molecule has 0 atom stereocenters. The van der Waals surface area contributed by atoms with Gasteiger partial charge in [0.25, 0.3) is 5.91 Å². The molecule has 6 heteroatoms. The van der Waals surface area contributed by atoms with Crippen LogP contribution >= 0.6 is 15.9 Å². The van der Waals surface area contributed by atoms with Gasteiger partial charge in [0.1, 0.15) is 6.61 Å². The van der Waals surface area contributed by atoms with Crippen LogP contribution in [0.15, 0.2) is 28.7 Å². The number of hydrogen-bond acceptors (Lipinski definition) is 3. The molecule has 2 amide bonds. The van der Waals surface area contributed by atoms with E-state index in [9.17, 15) is 9.59 Å². The number of methoxy groups -OCH3 is 1. The van der Waals surface area contributed by atoms with Gasteiger partial charge in [-0.1, -0.05) is 15.9 Å². The van der Waals surface area contributed by atoms with E-state index in [1.54, 1.807) is 17.0 Å². The molecule has 5 nitrogen and oxygen atoms in total. The van der Waals surface area contributed by atoms with Crippen molar-refractivity contribution >= 4 is 27.7 Å². The maximum Gasteiger partial charge on any atom is 0.251 e. The second-order valence-electron chi connectivity index (χ2n) is 5.07. The van der Waals surface area contributed by atoms with Gasteiger partial charge in [-0.3, -0.25) is 9.59 Å². The molecular formula is C15H19BrN2O3. The molecule has 0 spiro atoms. The number of halogens is 1. The minimum atomic E-state index is -0.0656. The Bertz CT molecular complexity index is 496. The zero-order chi connectivity index (χ0) is 15.2. The highest BCUT2D eigenvalue weighted by Gasteiger charge is 2.23. The second-order valence-corrected chi connectivity index (χ2v) is 5.98. The summed E-state index contributed by atoms with van der Waals surface area (Å²) in [4.78, 5) is 25.6. The second kappa shape index (κ2) is 7.56. The van der Waals surface area contributed by atoms with Crippen molar-refractivity contribution < 1.29 is 14.3 Å². The van der Waals surface area contributed by atoms with Gasteiger partial charge in [0, 0.05) is 36.3 Å². The Hall–Kier alpha value is -1.40. The highest BCUT2D eigenvalue weighted by atomic mass is 79.9. The van der Waals surface area contributed by atoms with Gasteiger partial charge in [-0.05, 0) is 37.1 Å². The minimum absolute atomic E-state index is 0.00943. The first-order chi connectivity index (χ1) is 10.1. The molecule has 0 saturated carbocycles. The number of rotatable bonds is 4. The van der Waals surface area contributed by atoms with E-state index in [1.165, 1.54) is 7.11 Å². The Kier molecular flexibility index (Phi) is 5.76. The predicted molar refractivity (Wildman–Crippen MR) is 83.1 cm³/mol. The number of hydrogen-bond donors (Lipinski definition) is 1. The van der Waals surface area contributed by atoms with Crippen LogP contribution in [-0.2, 0) is 9.53 Å². The first kappa shape index (κ1) is 16.0. The maximum absolute atomic E-state index is 12.1. The molecular weight excluding hydrogens is 336 g/mol. The molecule has 2 rings (SSSR count). The molecule has 0 unspecified atom stereocenters. The fourth-order valence-corrected chi connectivity index (χ4v) is 2.62. The fraction of sp³-hybridized carbons (Fsp3) is 0.467. The molecule has 21 heavy (non-hydrogen) atoms. The van der Waals surface area contributed by atoms with Crippen LogP contribution in [0.2, 0.25) is 0 Å². The zero-order valence-corrected chi connectivity index (χ0v) is 13.6. The van der Waals surface area contributed by atoms with Crippen LogP contribution in [0.5, 0.6) is 0 Å². The summed E-state index contributed by atoms with van der Waals surface area (Å²) in [5.74, 6) is -0.0562. The van der Waals surface area contributed by atoms with E-state index >= 15 is 0 Å². The van der Waals surface area contributed by atoms with Gasteiger partial charge < -0.3 is 15.0 Å². The van der Waals surface area contributed by atoms with E-state index < -0.39 is 0 Å². The quantitative estimate of drug-likeness (QED) is 0.896. The van der Waals surface area contributed by atoms with E-state index in [4.69, 9.17) is 4.74 Å². The third-order valence-electron chi connectivity index (χ3n) is 3.56. The van der Waals surface area contributed by atoms with Gasteiger partial charge in [-0.15, -0.1) is 0 Å². The van der Waals surface area contributed by atoms with Crippen molar-refractivity contribution in [3.8, 4) is 0 Å². The molecule has 0 aromatic heterocycles.